The lowest BCUT2D eigenvalue weighted by atomic mass is 10.1. The molecule has 0 amide bonds. The highest BCUT2D eigenvalue weighted by Gasteiger charge is 2.14. The van der Waals surface area contributed by atoms with Crippen molar-refractivity contribution in [3.05, 3.63) is 29.8 Å². The first kappa shape index (κ1) is 14.0. The van der Waals surface area contributed by atoms with Gasteiger partial charge in [-0.05, 0) is 19.9 Å². The van der Waals surface area contributed by atoms with Crippen LogP contribution in [0.2, 0.25) is 0 Å². The molecule has 4 heteroatoms. The summed E-state index contributed by atoms with van der Waals surface area (Å²) in [6.07, 6.45) is 0. The summed E-state index contributed by atoms with van der Waals surface area (Å²) in [4.78, 5) is 0. The van der Waals surface area contributed by atoms with Gasteiger partial charge in [0.1, 0.15) is 5.75 Å². The van der Waals surface area contributed by atoms with Crippen molar-refractivity contribution in [3.8, 4) is 5.75 Å². The fourth-order valence-corrected chi connectivity index (χ4v) is 1.73. The Labute approximate surface area is 102 Å². The van der Waals surface area contributed by atoms with Crippen LogP contribution in [0, 0.1) is 0 Å². The van der Waals surface area contributed by atoms with Crippen LogP contribution in [0.3, 0.4) is 0 Å². The van der Waals surface area contributed by atoms with Crippen LogP contribution < -0.4 is 10.1 Å². The normalized spacial score (nSPS) is 12.8. The van der Waals surface area contributed by atoms with Gasteiger partial charge in [-0.3, -0.25) is 0 Å². The molecule has 0 aliphatic heterocycles. The summed E-state index contributed by atoms with van der Waals surface area (Å²) in [7, 11) is 0. The Bertz CT molecular complexity index is 326. The molecule has 1 unspecified atom stereocenters. The quantitative estimate of drug-likeness (QED) is 0.666. The Morgan fingerprint density at radius 3 is 2.47 bits per heavy atom. The van der Waals surface area contributed by atoms with E-state index in [1.807, 2.05) is 38.1 Å². The molecule has 0 saturated heterocycles. The average Bonchev–Trinajstić information content (AvgIpc) is 2.36. The van der Waals surface area contributed by atoms with E-state index in [0.717, 1.165) is 11.3 Å². The molecule has 1 atom stereocenters. The van der Waals surface area contributed by atoms with Crippen LogP contribution in [-0.4, -0.2) is 36.1 Å². The standard InChI is InChI=1S/C13H21NO3/c1-3-17-13-7-5-4-6-12(13)10(2)14-11(8-15)9-16/h4-7,10-11,14-16H,3,8-9H2,1-2H3. The molecule has 0 aliphatic carbocycles. The van der Waals surface area contributed by atoms with Gasteiger partial charge in [0.15, 0.2) is 0 Å². The average molecular weight is 239 g/mol. The molecule has 0 aliphatic rings. The molecule has 1 rings (SSSR count). The maximum Gasteiger partial charge on any atom is 0.124 e. The third-order valence-corrected chi connectivity index (χ3v) is 2.61. The molecule has 0 radical (unpaired) electrons. The number of aliphatic hydroxyl groups excluding tert-OH is 2. The fraction of sp³-hybridized carbons (Fsp3) is 0.538. The van der Waals surface area contributed by atoms with Crippen molar-refractivity contribution < 1.29 is 14.9 Å². The van der Waals surface area contributed by atoms with Crippen LogP contribution in [-0.2, 0) is 0 Å². The summed E-state index contributed by atoms with van der Waals surface area (Å²) in [5.41, 5.74) is 1.03. The Morgan fingerprint density at radius 2 is 1.88 bits per heavy atom. The van der Waals surface area contributed by atoms with Gasteiger partial charge in [0.2, 0.25) is 0 Å². The second-order valence-electron chi connectivity index (χ2n) is 3.92. The molecule has 4 nitrogen and oxygen atoms in total. The van der Waals surface area contributed by atoms with Gasteiger partial charge in [-0.15, -0.1) is 0 Å². The van der Waals surface area contributed by atoms with Crippen LogP contribution in [0.5, 0.6) is 5.75 Å². The Morgan fingerprint density at radius 1 is 1.24 bits per heavy atom. The van der Waals surface area contributed by atoms with Crippen LogP contribution in [0.4, 0.5) is 0 Å². The van der Waals surface area contributed by atoms with Crippen LogP contribution >= 0.6 is 0 Å². The van der Waals surface area contributed by atoms with E-state index >= 15 is 0 Å². The van der Waals surface area contributed by atoms with E-state index in [4.69, 9.17) is 14.9 Å². The van der Waals surface area contributed by atoms with Crippen molar-refractivity contribution in [3.63, 3.8) is 0 Å². The summed E-state index contributed by atoms with van der Waals surface area (Å²) in [6, 6.07) is 7.49. The van der Waals surface area contributed by atoms with E-state index < -0.39 is 0 Å². The third kappa shape index (κ3) is 4.00. The van der Waals surface area contributed by atoms with Crippen molar-refractivity contribution in [2.75, 3.05) is 19.8 Å². The van der Waals surface area contributed by atoms with E-state index in [1.54, 1.807) is 0 Å². The monoisotopic (exact) mass is 239 g/mol. The van der Waals surface area contributed by atoms with E-state index in [-0.39, 0.29) is 25.3 Å². The van der Waals surface area contributed by atoms with Gasteiger partial charge in [-0.2, -0.15) is 0 Å². The topological polar surface area (TPSA) is 61.7 Å². The van der Waals surface area contributed by atoms with Gasteiger partial charge in [-0.25, -0.2) is 0 Å². The highest BCUT2D eigenvalue weighted by atomic mass is 16.5. The number of hydrogen-bond donors (Lipinski definition) is 3. The minimum absolute atomic E-state index is 0.0158. The van der Waals surface area contributed by atoms with Gasteiger partial charge in [0.05, 0.1) is 25.9 Å². The summed E-state index contributed by atoms with van der Waals surface area (Å²) in [5, 5.41) is 21.2. The first-order valence-corrected chi connectivity index (χ1v) is 5.92. The Hall–Kier alpha value is -1.10. The van der Waals surface area contributed by atoms with E-state index in [0.29, 0.717) is 6.61 Å². The molecule has 0 bridgehead atoms. The number of hydrogen-bond acceptors (Lipinski definition) is 4. The Balaban J connectivity index is 2.76. The summed E-state index contributed by atoms with van der Waals surface area (Å²) < 4.78 is 5.54. The van der Waals surface area contributed by atoms with Gasteiger partial charge >= 0.3 is 0 Å². The Kier molecular flexibility index (Phi) is 5.97. The number of nitrogens with one attached hydrogen (secondary N) is 1. The predicted molar refractivity (Wildman–Crippen MR) is 67.1 cm³/mol. The van der Waals surface area contributed by atoms with E-state index in [9.17, 15) is 0 Å². The number of benzene rings is 1. The molecule has 0 spiro atoms. The molecule has 1 aromatic rings. The highest BCUT2D eigenvalue weighted by Crippen LogP contribution is 2.24. The minimum Gasteiger partial charge on any atom is -0.494 e. The molecule has 96 valence electrons. The van der Waals surface area contributed by atoms with Gasteiger partial charge in [-0.1, -0.05) is 18.2 Å². The van der Waals surface area contributed by atoms with E-state index in [2.05, 4.69) is 5.32 Å². The van der Waals surface area contributed by atoms with Crippen LogP contribution in [0.25, 0.3) is 0 Å². The SMILES string of the molecule is CCOc1ccccc1C(C)NC(CO)CO. The molecule has 0 fully saturated rings. The van der Waals surface area contributed by atoms with Crippen LogP contribution in [0.15, 0.2) is 24.3 Å². The largest absolute Gasteiger partial charge is 0.494 e. The number of para-hydroxylation sites is 1. The fourth-order valence-electron chi connectivity index (χ4n) is 1.73. The maximum atomic E-state index is 9.04. The van der Waals surface area contributed by atoms with Gasteiger partial charge in [0.25, 0.3) is 0 Å². The van der Waals surface area contributed by atoms with Crippen molar-refractivity contribution in [2.24, 2.45) is 0 Å². The van der Waals surface area contributed by atoms with Crippen LogP contribution in [0.1, 0.15) is 25.5 Å². The third-order valence-electron chi connectivity index (χ3n) is 2.61. The molecular weight excluding hydrogens is 218 g/mol. The first-order valence-electron chi connectivity index (χ1n) is 5.92. The predicted octanol–water partition coefficient (Wildman–Crippen LogP) is 1.09. The summed E-state index contributed by atoms with van der Waals surface area (Å²) in [5.74, 6) is 0.838. The van der Waals surface area contributed by atoms with Gasteiger partial charge in [0, 0.05) is 11.6 Å². The van der Waals surface area contributed by atoms with Gasteiger partial charge < -0.3 is 20.3 Å². The lowest BCUT2D eigenvalue weighted by molar-refractivity contribution is 0.163. The second-order valence-corrected chi connectivity index (χ2v) is 3.92. The summed E-state index contributed by atoms with van der Waals surface area (Å²) >= 11 is 0. The van der Waals surface area contributed by atoms with E-state index in [1.165, 1.54) is 0 Å². The molecule has 0 saturated carbocycles. The van der Waals surface area contributed by atoms with Crippen molar-refractivity contribution in [1.29, 1.82) is 0 Å². The molecule has 0 aromatic heterocycles. The zero-order chi connectivity index (χ0) is 12.7. The van der Waals surface area contributed by atoms with Crippen molar-refractivity contribution in [2.45, 2.75) is 25.9 Å². The molecular formula is C13H21NO3. The summed E-state index contributed by atoms with van der Waals surface area (Å²) in [6.45, 7) is 4.37. The maximum absolute atomic E-state index is 9.04. The smallest absolute Gasteiger partial charge is 0.124 e. The molecule has 17 heavy (non-hydrogen) atoms. The lowest BCUT2D eigenvalue weighted by Gasteiger charge is -2.22. The zero-order valence-corrected chi connectivity index (χ0v) is 10.4. The first-order chi connectivity index (χ1) is 8.22. The highest BCUT2D eigenvalue weighted by molar-refractivity contribution is 5.35. The number of aliphatic hydroxyl groups is 2. The molecule has 3 N–H and O–H groups in total. The number of ether oxygens (including phenoxy) is 1. The number of rotatable bonds is 7. The molecule has 0 heterocycles. The molecule has 1 aromatic carbocycles. The van der Waals surface area contributed by atoms with Crippen molar-refractivity contribution >= 4 is 0 Å². The van der Waals surface area contributed by atoms with Crippen molar-refractivity contribution in [1.82, 2.24) is 5.32 Å². The minimum atomic E-state index is -0.306. The zero-order valence-electron chi connectivity index (χ0n) is 10.4. The lowest BCUT2D eigenvalue weighted by Crippen LogP contribution is -2.37. The second kappa shape index (κ2) is 7.27.